The molecule has 1 saturated heterocycles. The number of hydrogen-bond donors (Lipinski definition) is 1. The third-order valence-electron chi connectivity index (χ3n) is 5.76. The van der Waals surface area contributed by atoms with E-state index >= 15 is 0 Å². The van der Waals surface area contributed by atoms with E-state index in [9.17, 15) is 14.4 Å². The summed E-state index contributed by atoms with van der Waals surface area (Å²) in [6, 6.07) is 9.20. The van der Waals surface area contributed by atoms with Crippen molar-refractivity contribution >= 4 is 23.4 Å². The van der Waals surface area contributed by atoms with Crippen LogP contribution in [0.5, 0.6) is 0 Å². The molecule has 2 aliphatic rings. The molecular formula is C22H24ClN3O3. The van der Waals surface area contributed by atoms with Crippen LogP contribution < -0.4 is 5.56 Å². The van der Waals surface area contributed by atoms with Gasteiger partial charge in [-0.25, -0.2) is 0 Å². The molecule has 152 valence electrons. The Bertz CT molecular complexity index is 1000. The van der Waals surface area contributed by atoms with Crippen LogP contribution in [-0.4, -0.2) is 46.2 Å². The molecule has 0 bridgehead atoms. The lowest BCUT2D eigenvalue weighted by Crippen LogP contribution is -2.38. The lowest BCUT2D eigenvalue weighted by Gasteiger charge is -2.23. The van der Waals surface area contributed by atoms with Crippen LogP contribution >= 0.6 is 11.6 Å². The van der Waals surface area contributed by atoms with Gasteiger partial charge in [0.05, 0.1) is 0 Å². The van der Waals surface area contributed by atoms with E-state index in [1.54, 1.807) is 21.9 Å². The zero-order chi connectivity index (χ0) is 20.4. The monoisotopic (exact) mass is 413 g/mol. The van der Waals surface area contributed by atoms with Crippen LogP contribution in [0.15, 0.2) is 35.1 Å². The first-order chi connectivity index (χ1) is 14.0. The molecule has 1 aromatic heterocycles. The smallest absolute Gasteiger partial charge is 0.261 e. The van der Waals surface area contributed by atoms with Crippen molar-refractivity contribution in [1.29, 1.82) is 0 Å². The number of pyridine rings is 1. The Labute approximate surface area is 174 Å². The Morgan fingerprint density at radius 2 is 1.83 bits per heavy atom. The van der Waals surface area contributed by atoms with Crippen molar-refractivity contribution in [1.82, 2.24) is 14.8 Å². The minimum atomic E-state index is -0.334. The van der Waals surface area contributed by atoms with E-state index in [0.717, 1.165) is 42.5 Å². The van der Waals surface area contributed by atoms with Gasteiger partial charge in [0.1, 0.15) is 5.56 Å². The summed E-state index contributed by atoms with van der Waals surface area (Å²) in [6.07, 6.45) is 4.11. The van der Waals surface area contributed by atoms with Gasteiger partial charge in [-0.15, -0.1) is 0 Å². The molecule has 1 N–H and O–H groups in total. The number of benzene rings is 1. The molecule has 2 aromatic rings. The van der Waals surface area contributed by atoms with E-state index in [4.69, 9.17) is 11.6 Å². The number of carbonyl (C=O) groups is 2. The van der Waals surface area contributed by atoms with Gasteiger partial charge in [-0.2, -0.15) is 0 Å². The average Bonchev–Trinajstić information content (AvgIpc) is 2.90. The molecule has 2 heterocycles. The van der Waals surface area contributed by atoms with Crippen molar-refractivity contribution in [2.45, 2.75) is 38.6 Å². The SMILES string of the molecule is O=C1CCN(C(=O)c2cc3c([nH]c2=O)CCCC3)CCN1Cc1ccccc1Cl. The van der Waals surface area contributed by atoms with E-state index in [1.807, 2.05) is 18.2 Å². The van der Waals surface area contributed by atoms with Crippen molar-refractivity contribution in [2.75, 3.05) is 19.6 Å². The fourth-order valence-corrected chi connectivity index (χ4v) is 4.27. The first-order valence-electron chi connectivity index (χ1n) is 10.1. The van der Waals surface area contributed by atoms with Gasteiger partial charge in [0.2, 0.25) is 5.91 Å². The van der Waals surface area contributed by atoms with E-state index in [-0.39, 0.29) is 29.4 Å². The number of nitrogens with one attached hydrogen (secondary N) is 1. The molecule has 7 heteroatoms. The van der Waals surface area contributed by atoms with Crippen LogP contribution in [-0.2, 0) is 24.2 Å². The molecule has 1 aliphatic carbocycles. The van der Waals surface area contributed by atoms with Crippen LogP contribution in [0.4, 0.5) is 0 Å². The van der Waals surface area contributed by atoms with E-state index in [2.05, 4.69) is 4.98 Å². The maximum atomic E-state index is 13.0. The number of aromatic nitrogens is 1. The number of amides is 2. The number of aromatic amines is 1. The molecule has 1 aromatic carbocycles. The number of fused-ring (bicyclic) bond motifs is 1. The number of hydrogen-bond acceptors (Lipinski definition) is 3. The second-order valence-corrected chi connectivity index (χ2v) is 8.08. The Hall–Kier alpha value is -2.60. The molecule has 0 unspecified atom stereocenters. The molecule has 0 atom stereocenters. The van der Waals surface area contributed by atoms with Crippen LogP contribution in [0.3, 0.4) is 0 Å². The van der Waals surface area contributed by atoms with Gasteiger partial charge < -0.3 is 14.8 Å². The van der Waals surface area contributed by atoms with Crippen molar-refractivity contribution in [3.8, 4) is 0 Å². The molecule has 0 spiro atoms. The maximum absolute atomic E-state index is 13.0. The average molecular weight is 414 g/mol. The van der Waals surface area contributed by atoms with Gasteiger partial charge >= 0.3 is 0 Å². The molecule has 1 aliphatic heterocycles. The summed E-state index contributed by atoms with van der Waals surface area (Å²) in [4.78, 5) is 44.3. The predicted octanol–water partition coefficient (Wildman–Crippen LogP) is 2.78. The van der Waals surface area contributed by atoms with E-state index in [1.165, 1.54) is 0 Å². The molecule has 1 fully saturated rings. The van der Waals surface area contributed by atoms with Gasteiger partial charge in [0.25, 0.3) is 11.5 Å². The highest BCUT2D eigenvalue weighted by atomic mass is 35.5. The summed E-state index contributed by atoms with van der Waals surface area (Å²) in [5.74, 6) is -0.313. The minimum absolute atomic E-state index is 0.0143. The summed E-state index contributed by atoms with van der Waals surface area (Å²) in [7, 11) is 0. The van der Waals surface area contributed by atoms with Crippen LogP contribution in [0.1, 0.15) is 46.4 Å². The quantitative estimate of drug-likeness (QED) is 0.840. The molecule has 6 nitrogen and oxygen atoms in total. The molecule has 2 amide bonds. The van der Waals surface area contributed by atoms with Crippen molar-refractivity contribution < 1.29 is 9.59 Å². The van der Waals surface area contributed by atoms with Crippen molar-refractivity contribution in [2.24, 2.45) is 0 Å². The topological polar surface area (TPSA) is 73.5 Å². The van der Waals surface area contributed by atoms with Crippen molar-refractivity contribution in [3.05, 3.63) is 68.1 Å². The molecule has 0 saturated carbocycles. The van der Waals surface area contributed by atoms with Crippen LogP contribution in [0, 0.1) is 0 Å². The third-order valence-corrected chi connectivity index (χ3v) is 6.13. The predicted molar refractivity (Wildman–Crippen MR) is 111 cm³/mol. The maximum Gasteiger partial charge on any atom is 0.261 e. The zero-order valence-electron chi connectivity index (χ0n) is 16.2. The van der Waals surface area contributed by atoms with Crippen LogP contribution in [0.25, 0.3) is 0 Å². The standard InChI is InChI=1S/C22H24ClN3O3/c23-18-7-3-1-6-16(18)14-26-12-11-25(10-9-20(26)27)22(29)17-13-15-5-2-4-8-19(15)24-21(17)28/h1,3,6-7,13H,2,4-5,8-12,14H2,(H,24,28). The highest BCUT2D eigenvalue weighted by Crippen LogP contribution is 2.21. The first kappa shape index (κ1) is 19.7. The largest absolute Gasteiger partial charge is 0.336 e. The van der Waals surface area contributed by atoms with Gasteiger partial charge in [-0.3, -0.25) is 14.4 Å². The second-order valence-electron chi connectivity index (χ2n) is 7.67. The van der Waals surface area contributed by atoms with E-state index in [0.29, 0.717) is 31.2 Å². The summed E-state index contributed by atoms with van der Waals surface area (Å²) in [6.45, 7) is 1.54. The first-order valence-corrected chi connectivity index (χ1v) is 10.5. The van der Waals surface area contributed by atoms with Gasteiger partial charge in [0.15, 0.2) is 0 Å². The highest BCUT2D eigenvalue weighted by Gasteiger charge is 2.27. The molecule has 4 rings (SSSR count). The van der Waals surface area contributed by atoms with Crippen LogP contribution in [0.2, 0.25) is 5.02 Å². The zero-order valence-corrected chi connectivity index (χ0v) is 17.0. The molecule has 0 radical (unpaired) electrons. The summed E-state index contributed by atoms with van der Waals surface area (Å²) >= 11 is 6.23. The Morgan fingerprint density at radius 1 is 1.03 bits per heavy atom. The summed E-state index contributed by atoms with van der Waals surface area (Å²) < 4.78 is 0. The minimum Gasteiger partial charge on any atom is -0.336 e. The number of nitrogens with zero attached hydrogens (tertiary/aromatic N) is 2. The van der Waals surface area contributed by atoms with Gasteiger partial charge in [-0.1, -0.05) is 29.8 Å². The molecule has 29 heavy (non-hydrogen) atoms. The molecular weight excluding hydrogens is 390 g/mol. The van der Waals surface area contributed by atoms with Crippen molar-refractivity contribution in [3.63, 3.8) is 0 Å². The number of rotatable bonds is 3. The lowest BCUT2D eigenvalue weighted by molar-refractivity contribution is -0.130. The Balaban J connectivity index is 1.49. The Kier molecular flexibility index (Phi) is 5.72. The number of carbonyl (C=O) groups excluding carboxylic acids is 2. The number of aryl methyl sites for hydroxylation is 2. The Morgan fingerprint density at radius 3 is 2.66 bits per heavy atom. The second kappa shape index (κ2) is 8.41. The number of H-pyrrole nitrogens is 1. The van der Waals surface area contributed by atoms with Gasteiger partial charge in [0, 0.05) is 43.3 Å². The summed E-state index contributed by atoms with van der Waals surface area (Å²) in [5.41, 5.74) is 2.74. The van der Waals surface area contributed by atoms with Gasteiger partial charge in [-0.05, 0) is 48.9 Å². The number of halogens is 1. The lowest BCUT2D eigenvalue weighted by atomic mass is 9.95. The fraction of sp³-hybridized carbons (Fsp3) is 0.409. The summed E-state index contributed by atoms with van der Waals surface area (Å²) in [5, 5.41) is 0.623. The van der Waals surface area contributed by atoms with E-state index < -0.39 is 0 Å². The fourth-order valence-electron chi connectivity index (χ4n) is 4.07. The highest BCUT2D eigenvalue weighted by molar-refractivity contribution is 6.31. The normalized spacial score (nSPS) is 17.1. The third kappa shape index (κ3) is 4.22.